The minimum absolute atomic E-state index is 0.205. The van der Waals surface area contributed by atoms with Crippen LogP contribution in [0.4, 0.5) is 10.5 Å². The van der Waals surface area contributed by atoms with Crippen LogP contribution in [0.2, 0.25) is 0 Å². The Kier molecular flexibility index (Phi) is 4.84. The van der Waals surface area contributed by atoms with Crippen molar-refractivity contribution >= 4 is 22.7 Å². The number of amides is 1. The summed E-state index contributed by atoms with van der Waals surface area (Å²) in [6.07, 6.45) is 3.51. The number of anilines is 1. The Morgan fingerprint density at radius 1 is 1.20 bits per heavy atom. The van der Waals surface area contributed by atoms with Crippen LogP contribution in [0.15, 0.2) is 36.5 Å². The van der Waals surface area contributed by atoms with Crippen molar-refractivity contribution in [2.24, 2.45) is 0 Å². The van der Waals surface area contributed by atoms with Crippen molar-refractivity contribution in [2.45, 2.75) is 45.2 Å². The third-order valence-corrected chi connectivity index (χ3v) is 4.89. The molecule has 1 aromatic carbocycles. The van der Waals surface area contributed by atoms with E-state index in [1.54, 1.807) is 0 Å². The lowest BCUT2D eigenvalue weighted by atomic mass is 9.96. The quantitative estimate of drug-likeness (QED) is 0.826. The second kappa shape index (κ2) is 6.90. The third-order valence-electron chi connectivity index (χ3n) is 4.89. The van der Waals surface area contributed by atoms with Crippen molar-refractivity contribution in [1.29, 1.82) is 0 Å². The lowest BCUT2D eigenvalue weighted by Gasteiger charge is -2.44. The van der Waals surface area contributed by atoms with Gasteiger partial charge in [0.05, 0.1) is 12.6 Å². The normalized spacial score (nSPS) is 16.1. The van der Waals surface area contributed by atoms with Gasteiger partial charge in [0.25, 0.3) is 0 Å². The van der Waals surface area contributed by atoms with Gasteiger partial charge >= 0.3 is 6.09 Å². The predicted octanol–water partition coefficient (Wildman–Crippen LogP) is 4.07. The van der Waals surface area contributed by atoms with Crippen molar-refractivity contribution < 1.29 is 9.53 Å². The molecule has 1 saturated heterocycles. The number of aromatic nitrogens is 1. The van der Waals surface area contributed by atoms with Crippen molar-refractivity contribution in [3.8, 4) is 0 Å². The first kappa shape index (κ1) is 17.5. The molecule has 0 atom stereocenters. The van der Waals surface area contributed by atoms with Crippen LogP contribution in [0.3, 0.4) is 0 Å². The van der Waals surface area contributed by atoms with Gasteiger partial charge in [0.2, 0.25) is 0 Å². The molecule has 134 valence electrons. The minimum Gasteiger partial charge on any atom is -0.453 e. The monoisotopic (exact) mass is 341 g/mol. The van der Waals surface area contributed by atoms with Crippen LogP contribution in [-0.2, 0) is 4.74 Å². The molecule has 1 aromatic heterocycles. The average molecular weight is 341 g/mol. The molecule has 1 aliphatic heterocycles. The average Bonchev–Trinajstić information content (AvgIpc) is 2.61. The molecule has 0 spiro atoms. The highest BCUT2D eigenvalue weighted by atomic mass is 16.5. The molecule has 2 heterocycles. The van der Waals surface area contributed by atoms with Crippen LogP contribution < -0.4 is 4.90 Å². The molecule has 1 fully saturated rings. The SMILES string of the molecule is COC(=O)N(C1CCN(c2ccnc3ccccc23)CC1)C(C)(C)C. The number of hydrogen-bond acceptors (Lipinski definition) is 4. The minimum atomic E-state index is -0.247. The van der Waals surface area contributed by atoms with Crippen LogP contribution in [0.5, 0.6) is 0 Å². The van der Waals surface area contributed by atoms with E-state index in [2.05, 4.69) is 48.9 Å². The summed E-state index contributed by atoms with van der Waals surface area (Å²) in [5, 5.41) is 1.18. The maximum absolute atomic E-state index is 12.3. The highest BCUT2D eigenvalue weighted by Crippen LogP contribution is 2.31. The van der Waals surface area contributed by atoms with E-state index in [0.717, 1.165) is 31.4 Å². The number of fused-ring (bicyclic) bond motifs is 1. The Hall–Kier alpha value is -2.30. The molecule has 5 nitrogen and oxygen atoms in total. The fraction of sp³-hybridized carbons (Fsp3) is 0.500. The molecule has 1 amide bonds. The van der Waals surface area contributed by atoms with E-state index in [1.807, 2.05) is 23.2 Å². The van der Waals surface area contributed by atoms with Gasteiger partial charge in [-0.05, 0) is 45.7 Å². The molecule has 0 radical (unpaired) electrons. The van der Waals surface area contributed by atoms with Crippen molar-refractivity contribution in [3.05, 3.63) is 36.5 Å². The van der Waals surface area contributed by atoms with E-state index in [0.29, 0.717) is 0 Å². The summed E-state index contributed by atoms with van der Waals surface area (Å²) in [4.78, 5) is 21.0. The first-order valence-corrected chi connectivity index (χ1v) is 8.88. The zero-order valence-electron chi connectivity index (χ0n) is 15.5. The van der Waals surface area contributed by atoms with E-state index in [9.17, 15) is 4.79 Å². The number of benzene rings is 1. The van der Waals surface area contributed by atoms with E-state index in [-0.39, 0.29) is 17.7 Å². The number of carbonyl (C=O) groups is 1. The molecule has 0 bridgehead atoms. The van der Waals surface area contributed by atoms with Crippen LogP contribution in [0, 0.1) is 0 Å². The highest BCUT2D eigenvalue weighted by molar-refractivity contribution is 5.91. The summed E-state index contributed by atoms with van der Waals surface area (Å²) in [5.74, 6) is 0. The lowest BCUT2D eigenvalue weighted by molar-refractivity contribution is 0.0492. The summed E-state index contributed by atoms with van der Waals surface area (Å²) in [7, 11) is 1.46. The van der Waals surface area contributed by atoms with Gasteiger partial charge in [-0.15, -0.1) is 0 Å². The summed E-state index contributed by atoms with van der Waals surface area (Å²) >= 11 is 0. The summed E-state index contributed by atoms with van der Waals surface area (Å²) < 4.78 is 5.03. The van der Waals surface area contributed by atoms with Gasteiger partial charge in [-0.1, -0.05) is 18.2 Å². The van der Waals surface area contributed by atoms with Gasteiger partial charge in [-0.3, -0.25) is 4.98 Å². The second-order valence-electron chi connectivity index (χ2n) is 7.58. The number of ether oxygens (including phenoxy) is 1. The summed E-state index contributed by atoms with van der Waals surface area (Å²) in [5.41, 5.74) is 2.00. The van der Waals surface area contributed by atoms with Crippen LogP contribution in [0.1, 0.15) is 33.6 Å². The van der Waals surface area contributed by atoms with Crippen molar-refractivity contribution in [1.82, 2.24) is 9.88 Å². The lowest BCUT2D eigenvalue weighted by Crippen LogP contribution is -2.55. The maximum atomic E-state index is 12.3. The molecule has 0 unspecified atom stereocenters. The van der Waals surface area contributed by atoms with Crippen LogP contribution in [-0.4, -0.2) is 47.8 Å². The van der Waals surface area contributed by atoms with Crippen molar-refractivity contribution in [3.63, 3.8) is 0 Å². The Morgan fingerprint density at radius 2 is 1.88 bits per heavy atom. The van der Waals surface area contributed by atoms with E-state index in [4.69, 9.17) is 4.74 Å². The number of methoxy groups -OCH3 is 1. The second-order valence-corrected chi connectivity index (χ2v) is 7.58. The summed E-state index contributed by atoms with van der Waals surface area (Å²) in [6, 6.07) is 10.5. The van der Waals surface area contributed by atoms with Gasteiger partial charge < -0.3 is 14.5 Å². The zero-order valence-corrected chi connectivity index (χ0v) is 15.5. The van der Waals surface area contributed by atoms with Gasteiger partial charge in [0.15, 0.2) is 0 Å². The van der Waals surface area contributed by atoms with Crippen LogP contribution in [0.25, 0.3) is 10.9 Å². The molecule has 5 heteroatoms. The number of carbonyl (C=O) groups excluding carboxylic acids is 1. The first-order valence-electron chi connectivity index (χ1n) is 8.88. The van der Waals surface area contributed by atoms with Gasteiger partial charge in [-0.25, -0.2) is 4.79 Å². The predicted molar refractivity (Wildman–Crippen MR) is 101 cm³/mol. The molecule has 0 aliphatic carbocycles. The molecular formula is C20H27N3O2. The zero-order chi connectivity index (χ0) is 18.0. The Labute approximate surface area is 149 Å². The van der Waals surface area contributed by atoms with Gasteiger partial charge in [-0.2, -0.15) is 0 Å². The number of para-hydroxylation sites is 1. The molecule has 0 N–H and O–H groups in total. The van der Waals surface area contributed by atoms with Crippen LogP contribution >= 0.6 is 0 Å². The molecule has 25 heavy (non-hydrogen) atoms. The standard InChI is InChI=1S/C20H27N3O2/c1-20(2,3)23(19(24)25-4)15-10-13-22(14-11-15)18-9-12-21-17-8-6-5-7-16(17)18/h5-9,12,15H,10-11,13-14H2,1-4H3. The fourth-order valence-corrected chi connectivity index (χ4v) is 3.79. The number of piperidine rings is 1. The van der Waals surface area contributed by atoms with E-state index < -0.39 is 0 Å². The largest absolute Gasteiger partial charge is 0.453 e. The summed E-state index contributed by atoms with van der Waals surface area (Å²) in [6.45, 7) is 8.02. The number of rotatable bonds is 2. The third kappa shape index (κ3) is 3.55. The Balaban J connectivity index is 1.78. The first-order chi connectivity index (χ1) is 11.9. The molecule has 2 aromatic rings. The van der Waals surface area contributed by atoms with E-state index >= 15 is 0 Å². The van der Waals surface area contributed by atoms with Gasteiger partial charge in [0, 0.05) is 41.9 Å². The van der Waals surface area contributed by atoms with Gasteiger partial charge in [0.1, 0.15) is 0 Å². The van der Waals surface area contributed by atoms with Crippen molar-refractivity contribution in [2.75, 3.05) is 25.1 Å². The number of hydrogen-bond donors (Lipinski definition) is 0. The Bertz CT molecular complexity index is 741. The highest BCUT2D eigenvalue weighted by Gasteiger charge is 2.36. The number of pyridine rings is 1. The number of nitrogens with zero attached hydrogens (tertiary/aromatic N) is 3. The maximum Gasteiger partial charge on any atom is 0.410 e. The molecule has 1 aliphatic rings. The topological polar surface area (TPSA) is 45.7 Å². The molecular weight excluding hydrogens is 314 g/mol. The molecule has 0 saturated carbocycles. The molecule has 3 rings (SSSR count). The smallest absolute Gasteiger partial charge is 0.410 e. The van der Waals surface area contributed by atoms with E-state index in [1.165, 1.54) is 18.2 Å². The Morgan fingerprint density at radius 3 is 2.52 bits per heavy atom. The fourth-order valence-electron chi connectivity index (χ4n) is 3.79.